The Hall–Kier alpha value is -1.39. The zero-order valence-corrected chi connectivity index (χ0v) is 13.7. The van der Waals surface area contributed by atoms with Gasteiger partial charge in [-0.3, -0.25) is 0 Å². The first-order valence-corrected chi connectivity index (χ1v) is 7.97. The Bertz CT molecular complexity index is 589. The molecule has 0 bridgehead atoms. The average molecular weight is 304 g/mol. The molecule has 1 heterocycles. The lowest BCUT2D eigenvalue weighted by atomic mass is 10.1. The van der Waals surface area contributed by atoms with Gasteiger partial charge in [-0.15, -0.1) is 11.3 Å². The molecule has 0 aliphatic heterocycles. The van der Waals surface area contributed by atoms with Crippen LogP contribution in [0.15, 0.2) is 35.7 Å². The second kappa shape index (κ2) is 6.37. The van der Waals surface area contributed by atoms with E-state index in [9.17, 15) is 0 Å². The number of hydrogen-bond acceptors (Lipinski definition) is 3. The largest absolute Gasteiger partial charge is 0.389 e. The lowest BCUT2D eigenvalue weighted by Crippen LogP contribution is -2.32. The third kappa shape index (κ3) is 3.38. The fourth-order valence-electron chi connectivity index (χ4n) is 2.20. The van der Waals surface area contributed by atoms with Gasteiger partial charge < -0.3 is 10.6 Å². The maximum atomic E-state index is 5.88. The number of nitrogens with two attached hydrogens (primary N) is 1. The van der Waals surface area contributed by atoms with Gasteiger partial charge in [-0.2, -0.15) is 0 Å². The molecule has 2 N–H and O–H groups in total. The van der Waals surface area contributed by atoms with Crippen molar-refractivity contribution in [2.45, 2.75) is 33.4 Å². The van der Waals surface area contributed by atoms with Crippen molar-refractivity contribution in [1.29, 1.82) is 0 Å². The second-order valence-corrected chi connectivity index (χ2v) is 6.66. The van der Waals surface area contributed by atoms with E-state index >= 15 is 0 Å². The molecule has 4 heteroatoms. The van der Waals surface area contributed by atoms with Gasteiger partial charge in [0.25, 0.3) is 0 Å². The first-order chi connectivity index (χ1) is 9.49. The van der Waals surface area contributed by atoms with E-state index < -0.39 is 0 Å². The molecule has 0 atom stereocenters. The van der Waals surface area contributed by atoms with Gasteiger partial charge in [0.05, 0.1) is 6.54 Å². The van der Waals surface area contributed by atoms with E-state index in [-0.39, 0.29) is 0 Å². The van der Waals surface area contributed by atoms with Crippen LogP contribution >= 0.6 is 23.6 Å². The third-order valence-electron chi connectivity index (χ3n) is 3.26. The van der Waals surface area contributed by atoms with Crippen LogP contribution in [0.1, 0.15) is 29.9 Å². The molecule has 1 aromatic heterocycles. The van der Waals surface area contributed by atoms with Crippen LogP contribution in [0, 0.1) is 6.92 Å². The topological polar surface area (TPSA) is 29.3 Å². The Morgan fingerprint density at radius 1 is 1.35 bits per heavy atom. The van der Waals surface area contributed by atoms with E-state index in [1.807, 2.05) is 6.07 Å². The number of nitrogens with zero attached hydrogens (tertiary/aromatic N) is 1. The summed E-state index contributed by atoms with van der Waals surface area (Å²) in [6.45, 7) is 7.36. The zero-order chi connectivity index (χ0) is 14.7. The molecule has 0 unspecified atom stereocenters. The zero-order valence-electron chi connectivity index (χ0n) is 12.1. The molecule has 0 aliphatic carbocycles. The Morgan fingerprint density at radius 3 is 2.65 bits per heavy atom. The molecule has 2 nitrogen and oxygen atoms in total. The van der Waals surface area contributed by atoms with Gasteiger partial charge in [0.2, 0.25) is 0 Å². The third-order valence-corrected chi connectivity index (χ3v) is 4.34. The van der Waals surface area contributed by atoms with E-state index in [4.69, 9.17) is 18.0 Å². The first kappa shape index (κ1) is 15.0. The molecule has 0 aliphatic rings. The molecular weight excluding hydrogens is 284 g/mol. The van der Waals surface area contributed by atoms with Crippen molar-refractivity contribution in [2.24, 2.45) is 5.73 Å². The minimum Gasteiger partial charge on any atom is -0.389 e. The average Bonchev–Trinajstić information content (AvgIpc) is 2.87. The highest BCUT2D eigenvalue weighted by molar-refractivity contribution is 7.80. The van der Waals surface area contributed by atoms with Crippen molar-refractivity contribution in [3.8, 4) is 0 Å². The highest BCUT2D eigenvalue weighted by Gasteiger charge is 2.17. The van der Waals surface area contributed by atoms with Gasteiger partial charge in [0.1, 0.15) is 4.99 Å². The SMILES string of the molecule is Cc1ccc(C(N)=S)c(N(Cc2cccs2)C(C)C)c1. The summed E-state index contributed by atoms with van der Waals surface area (Å²) in [5.74, 6) is 0. The maximum Gasteiger partial charge on any atom is 0.106 e. The second-order valence-electron chi connectivity index (χ2n) is 5.19. The van der Waals surface area contributed by atoms with Crippen LogP contribution in [-0.4, -0.2) is 11.0 Å². The summed E-state index contributed by atoms with van der Waals surface area (Å²) in [5, 5.41) is 2.11. The summed E-state index contributed by atoms with van der Waals surface area (Å²) in [6.07, 6.45) is 0. The van der Waals surface area contributed by atoms with Crippen LogP contribution in [0.3, 0.4) is 0 Å². The van der Waals surface area contributed by atoms with Gasteiger partial charge in [0.15, 0.2) is 0 Å². The first-order valence-electron chi connectivity index (χ1n) is 6.68. The standard InChI is InChI=1S/C16H20N2S2/c1-11(2)18(10-13-5-4-8-20-13)15-9-12(3)6-7-14(15)16(17)19/h4-9,11H,10H2,1-3H3,(H2,17,19). The van der Waals surface area contributed by atoms with Gasteiger partial charge in [-0.05, 0) is 49.9 Å². The maximum absolute atomic E-state index is 5.88. The highest BCUT2D eigenvalue weighted by atomic mass is 32.1. The molecule has 0 amide bonds. The Labute approximate surface area is 130 Å². The molecule has 0 spiro atoms. The fraction of sp³-hybridized carbons (Fsp3) is 0.312. The fourth-order valence-corrected chi connectivity index (χ4v) is 3.08. The minimum atomic E-state index is 0.381. The van der Waals surface area contributed by atoms with Crippen LogP contribution in [0.2, 0.25) is 0 Å². The van der Waals surface area contributed by atoms with Crippen molar-refractivity contribution < 1.29 is 0 Å². The summed E-state index contributed by atoms with van der Waals surface area (Å²) in [4.78, 5) is 4.15. The molecule has 0 saturated carbocycles. The lowest BCUT2D eigenvalue weighted by Gasteiger charge is -2.30. The van der Waals surface area contributed by atoms with Gasteiger partial charge in [0, 0.05) is 22.2 Å². The lowest BCUT2D eigenvalue weighted by molar-refractivity contribution is 0.686. The number of rotatable bonds is 5. The predicted molar refractivity (Wildman–Crippen MR) is 92.7 cm³/mol. The molecular formula is C16H20N2S2. The molecule has 20 heavy (non-hydrogen) atoms. The number of benzene rings is 1. The van der Waals surface area contributed by atoms with Crippen molar-refractivity contribution in [2.75, 3.05) is 4.90 Å². The normalized spacial score (nSPS) is 10.8. The molecule has 0 fully saturated rings. The van der Waals surface area contributed by atoms with Crippen LogP contribution in [-0.2, 0) is 6.54 Å². The Balaban J connectivity index is 2.43. The van der Waals surface area contributed by atoms with Crippen LogP contribution < -0.4 is 10.6 Å². The Morgan fingerprint density at radius 2 is 2.10 bits per heavy atom. The van der Waals surface area contributed by atoms with Crippen molar-refractivity contribution in [3.05, 3.63) is 51.7 Å². The van der Waals surface area contributed by atoms with E-state index in [1.165, 1.54) is 10.4 Å². The summed E-state index contributed by atoms with van der Waals surface area (Å²) >= 11 is 6.98. The summed E-state index contributed by atoms with van der Waals surface area (Å²) in [7, 11) is 0. The number of aryl methyl sites for hydroxylation is 1. The molecule has 0 saturated heterocycles. The number of thiocarbonyl (C=S) groups is 1. The molecule has 2 aromatic rings. The van der Waals surface area contributed by atoms with Crippen LogP contribution in [0.4, 0.5) is 5.69 Å². The predicted octanol–water partition coefficient (Wildman–Crippen LogP) is 4.11. The van der Waals surface area contributed by atoms with E-state index in [0.717, 1.165) is 17.8 Å². The van der Waals surface area contributed by atoms with Crippen LogP contribution in [0.25, 0.3) is 0 Å². The molecule has 2 rings (SSSR count). The van der Waals surface area contributed by atoms with Crippen molar-refractivity contribution >= 4 is 34.2 Å². The number of thiophene rings is 1. The van der Waals surface area contributed by atoms with Gasteiger partial charge in [-0.25, -0.2) is 0 Å². The van der Waals surface area contributed by atoms with Crippen molar-refractivity contribution in [1.82, 2.24) is 0 Å². The summed E-state index contributed by atoms with van der Waals surface area (Å²) < 4.78 is 0. The van der Waals surface area contributed by atoms with E-state index in [2.05, 4.69) is 55.3 Å². The van der Waals surface area contributed by atoms with Crippen LogP contribution in [0.5, 0.6) is 0 Å². The van der Waals surface area contributed by atoms with E-state index in [1.54, 1.807) is 11.3 Å². The number of hydrogen-bond donors (Lipinski definition) is 1. The highest BCUT2D eigenvalue weighted by Crippen LogP contribution is 2.27. The number of anilines is 1. The monoisotopic (exact) mass is 304 g/mol. The molecule has 0 radical (unpaired) electrons. The quantitative estimate of drug-likeness (QED) is 0.843. The minimum absolute atomic E-state index is 0.381. The smallest absolute Gasteiger partial charge is 0.106 e. The Kier molecular flexibility index (Phi) is 4.78. The van der Waals surface area contributed by atoms with Gasteiger partial charge in [-0.1, -0.05) is 24.4 Å². The molecule has 1 aromatic carbocycles. The van der Waals surface area contributed by atoms with Gasteiger partial charge >= 0.3 is 0 Å². The van der Waals surface area contributed by atoms with Crippen molar-refractivity contribution in [3.63, 3.8) is 0 Å². The summed E-state index contributed by atoms with van der Waals surface area (Å²) in [6, 6.07) is 10.9. The summed E-state index contributed by atoms with van der Waals surface area (Å²) in [5.41, 5.74) is 9.18. The molecule has 106 valence electrons. The van der Waals surface area contributed by atoms with E-state index in [0.29, 0.717) is 11.0 Å².